The topological polar surface area (TPSA) is 39.6 Å². The molecule has 0 aromatic carbocycles. The van der Waals surface area contributed by atoms with Crippen LogP contribution in [0.2, 0.25) is 0 Å². The number of piperazine rings is 1. The van der Waals surface area contributed by atoms with Crippen molar-refractivity contribution < 1.29 is 5.11 Å². The molecule has 18 heavy (non-hydrogen) atoms. The highest BCUT2D eigenvalue weighted by atomic mass is 79.9. The van der Waals surface area contributed by atoms with Gasteiger partial charge in [0.25, 0.3) is 0 Å². The van der Waals surface area contributed by atoms with Crippen LogP contribution in [-0.2, 0) is 0 Å². The Morgan fingerprint density at radius 3 is 2.61 bits per heavy atom. The number of hydrogen-bond donors (Lipinski definition) is 1. The molecule has 0 unspecified atom stereocenters. The van der Waals surface area contributed by atoms with E-state index in [9.17, 15) is 5.11 Å². The molecule has 1 fully saturated rings. The zero-order valence-electron chi connectivity index (χ0n) is 10.9. The zero-order valence-corrected chi connectivity index (χ0v) is 12.5. The van der Waals surface area contributed by atoms with Gasteiger partial charge >= 0.3 is 0 Å². The van der Waals surface area contributed by atoms with Crippen molar-refractivity contribution in [1.82, 2.24) is 9.88 Å². The molecule has 1 aliphatic rings. The van der Waals surface area contributed by atoms with Gasteiger partial charge in [-0.2, -0.15) is 0 Å². The van der Waals surface area contributed by atoms with Gasteiger partial charge in [-0.05, 0) is 41.4 Å². The fraction of sp³-hybridized carbons (Fsp3) is 0.615. The van der Waals surface area contributed by atoms with Gasteiger partial charge in [-0.1, -0.05) is 0 Å². The molecule has 1 atom stereocenters. The number of aliphatic hydroxyl groups is 1. The van der Waals surface area contributed by atoms with Crippen LogP contribution in [0.25, 0.3) is 0 Å². The number of aromatic nitrogens is 1. The van der Waals surface area contributed by atoms with Gasteiger partial charge in [-0.15, -0.1) is 0 Å². The number of hydrogen-bond acceptors (Lipinski definition) is 4. The summed E-state index contributed by atoms with van der Waals surface area (Å²) < 4.78 is 1.06. The van der Waals surface area contributed by atoms with E-state index in [1.54, 1.807) is 0 Å². The van der Waals surface area contributed by atoms with Crippen LogP contribution >= 0.6 is 15.9 Å². The predicted molar refractivity (Wildman–Crippen MR) is 77.0 cm³/mol. The summed E-state index contributed by atoms with van der Waals surface area (Å²) in [6.45, 7) is 8.52. The third kappa shape index (κ3) is 3.43. The minimum atomic E-state index is -0.249. The lowest BCUT2D eigenvalue weighted by Crippen LogP contribution is -2.48. The molecule has 1 N–H and O–H groups in total. The van der Waals surface area contributed by atoms with Gasteiger partial charge in [0.1, 0.15) is 5.82 Å². The molecule has 1 saturated heterocycles. The van der Waals surface area contributed by atoms with Crippen molar-refractivity contribution in [2.45, 2.75) is 20.0 Å². The van der Waals surface area contributed by atoms with E-state index >= 15 is 0 Å². The molecule has 4 nitrogen and oxygen atoms in total. The van der Waals surface area contributed by atoms with Crippen LogP contribution in [-0.4, -0.2) is 53.8 Å². The Labute approximate surface area is 117 Å². The molecule has 1 aromatic rings. The normalized spacial score (nSPS) is 19.0. The van der Waals surface area contributed by atoms with E-state index in [1.807, 2.05) is 20.0 Å². The number of β-amino-alcohol motifs (C(OH)–C–C–N with tert-alkyl or cyclic N) is 1. The third-order valence-corrected chi connectivity index (χ3v) is 3.74. The van der Waals surface area contributed by atoms with E-state index in [-0.39, 0.29) is 6.10 Å². The van der Waals surface area contributed by atoms with Gasteiger partial charge in [-0.3, -0.25) is 4.90 Å². The minimum absolute atomic E-state index is 0.249. The second-order valence-electron chi connectivity index (χ2n) is 4.95. The van der Waals surface area contributed by atoms with Crippen LogP contribution in [0.5, 0.6) is 0 Å². The van der Waals surface area contributed by atoms with Gasteiger partial charge in [0.05, 0.1) is 10.6 Å². The number of aliphatic hydroxyl groups excluding tert-OH is 1. The first-order valence-corrected chi connectivity index (χ1v) is 7.13. The highest BCUT2D eigenvalue weighted by Gasteiger charge is 2.20. The largest absolute Gasteiger partial charge is 0.392 e. The lowest BCUT2D eigenvalue weighted by Gasteiger charge is -2.36. The van der Waals surface area contributed by atoms with Crippen LogP contribution < -0.4 is 4.90 Å². The van der Waals surface area contributed by atoms with Crippen LogP contribution in [0.1, 0.15) is 12.5 Å². The highest BCUT2D eigenvalue weighted by molar-refractivity contribution is 9.10. The number of pyridine rings is 1. The summed E-state index contributed by atoms with van der Waals surface area (Å²) in [4.78, 5) is 9.09. The van der Waals surface area contributed by atoms with E-state index in [1.165, 1.54) is 5.56 Å². The maximum atomic E-state index is 9.39. The van der Waals surface area contributed by atoms with Crippen molar-refractivity contribution in [2.75, 3.05) is 37.6 Å². The second-order valence-corrected chi connectivity index (χ2v) is 5.81. The van der Waals surface area contributed by atoms with Gasteiger partial charge < -0.3 is 10.0 Å². The summed E-state index contributed by atoms with van der Waals surface area (Å²) in [5.74, 6) is 1.03. The Morgan fingerprint density at radius 2 is 2.06 bits per heavy atom. The summed E-state index contributed by atoms with van der Waals surface area (Å²) >= 11 is 3.58. The molecular weight excluding hydrogens is 294 g/mol. The number of aryl methyl sites for hydroxylation is 1. The van der Waals surface area contributed by atoms with Gasteiger partial charge in [-0.25, -0.2) is 4.98 Å². The summed E-state index contributed by atoms with van der Waals surface area (Å²) in [6.07, 6.45) is 1.66. The first-order chi connectivity index (χ1) is 8.56. The number of nitrogens with zero attached hydrogens (tertiary/aromatic N) is 3. The van der Waals surface area contributed by atoms with Crippen LogP contribution in [0.3, 0.4) is 0 Å². The molecule has 0 amide bonds. The van der Waals surface area contributed by atoms with E-state index in [0.29, 0.717) is 0 Å². The first kappa shape index (κ1) is 13.8. The van der Waals surface area contributed by atoms with E-state index in [0.717, 1.165) is 43.0 Å². The van der Waals surface area contributed by atoms with Crippen LogP contribution in [0, 0.1) is 6.92 Å². The molecule has 1 aromatic heterocycles. The fourth-order valence-electron chi connectivity index (χ4n) is 2.27. The van der Waals surface area contributed by atoms with Gasteiger partial charge in [0, 0.05) is 38.9 Å². The molecule has 0 radical (unpaired) electrons. The Balaban J connectivity index is 1.97. The molecule has 100 valence electrons. The van der Waals surface area contributed by atoms with Crippen LogP contribution in [0.15, 0.2) is 16.7 Å². The molecule has 2 rings (SSSR count). The van der Waals surface area contributed by atoms with Crippen LogP contribution in [0.4, 0.5) is 5.82 Å². The Kier molecular flexibility index (Phi) is 4.59. The molecule has 1 aliphatic heterocycles. The van der Waals surface area contributed by atoms with Crippen molar-refractivity contribution >= 4 is 21.7 Å². The van der Waals surface area contributed by atoms with E-state index in [2.05, 4.69) is 36.8 Å². The zero-order chi connectivity index (χ0) is 13.1. The van der Waals surface area contributed by atoms with Gasteiger partial charge in [0.15, 0.2) is 0 Å². The fourth-order valence-corrected chi connectivity index (χ4v) is 2.99. The SMILES string of the molecule is Cc1cnc(N2CCN(C[C@@H](C)O)CC2)c(Br)c1. The van der Waals surface area contributed by atoms with E-state index < -0.39 is 0 Å². The highest BCUT2D eigenvalue weighted by Crippen LogP contribution is 2.25. The number of halogens is 1. The van der Waals surface area contributed by atoms with E-state index in [4.69, 9.17) is 0 Å². The number of anilines is 1. The lowest BCUT2D eigenvalue weighted by molar-refractivity contribution is 0.122. The molecule has 0 spiro atoms. The lowest BCUT2D eigenvalue weighted by atomic mass is 10.2. The van der Waals surface area contributed by atoms with Crippen molar-refractivity contribution in [3.05, 3.63) is 22.3 Å². The maximum Gasteiger partial charge on any atom is 0.142 e. The number of rotatable bonds is 3. The monoisotopic (exact) mass is 313 g/mol. The average Bonchev–Trinajstić information content (AvgIpc) is 2.30. The van der Waals surface area contributed by atoms with Gasteiger partial charge in [0.2, 0.25) is 0 Å². The minimum Gasteiger partial charge on any atom is -0.392 e. The van der Waals surface area contributed by atoms with Crippen molar-refractivity contribution in [2.24, 2.45) is 0 Å². The third-order valence-electron chi connectivity index (χ3n) is 3.15. The Hall–Kier alpha value is -0.650. The summed E-state index contributed by atoms with van der Waals surface area (Å²) in [7, 11) is 0. The van der Waals surface area contributed by atoms with Crippen molar-refractivity contribution in [3.8, 4) is 0 Å². The Morgan fingerprint density at radius 1 is 1.39 bits per heavy atom. The molecule has 0 aliphatic carbocycles. The molecule has 2 heterocycles. The molecule has 0 bridgehead atoms. The average molecular weight is 314 g/mol. The summed E-state index contributed by atoms with van der Waals surface area (Å²) in [5, 5.41) is 9.39. The first-order valence-electron chi connectivity index (χ1n) is 6.34. The van der Waals surface area contributed by atoms with Crippen molar-refractivity contribution in [3.63, 3.8) is 0 Å². The smallest absolute Gasteiger partial charge is 0.142 e. The molecule has 0 saturated carbocycles. The quantitative estimate of drug-likeness (QED) is 0.921. The maximum absolute atomic E-state index is 9.39. The molecule has 5 heteroatoms. The van der Waals surface area contributed by atoms with Crippen molar-refractivity contribution in [1.29, 1.82) is 0 Å². The predicted octanol–water partition coefficient (Wildman–Crippen LogP) is 1.66. The Bertz CT molecular complexity index is 403. The second kappa shape index (κ2) is 5.99. The molecular formula is C13H20BrN3O. The summed E-state index contributed by atoms with van der Waals surface area (Å²) in [6, 6.07) is 2.10. The standard InChI is InChI=1S/C13H20BrN3O/c1-10-7-12(14)13(15-8-10)17-5-3-16(4-6-17)9-11(2)18/h7-8,11,18H,3-6,9H2,1-2H3/t11-/m1/s1. The summed E-state index contributed by atoms with van der Waals surface area (Å²) in [5.41, 5.74) is 1.17.